The molecule has 2 unspecified atom stereocenters. The number of nitrogens with zero attached hydrogens (tertiary/aromatic N) is 2. The van der Waals surface area contributed by atoms with Crippen molar-refractivity contribution in [2.45, 2.75) is 32.2 Å². The largest absolute Gasteiger partial charge is 0.481 e. The quantitative estimate of drug-likeness (QED) is 0.758. The Bertz CT molecular complexity index is 435. The molecule has 1 N–H and O–H groups in total. The number of carboxylic acid groups (broad SMARTS) is 1. The predicted molar refractivity (Wildman–Crippen MR) is 73.6 cm³/mol. The molecule has 2 fully saturated rings. The smallest absolute Gasteiger partial charge is 0.320 e. The molecular weight excluding hydrogens is 276 g/mol. The molecule has 2 atom stereocenters. The third-order valence-electron chi connectivity index (χ3n) is 4.19. The minimum absolute atomic E-state index is 0.0495. The zero-order valence-electron chi connectivity index (χ0n) is 12.4. The highest BCUT2D eigenvalue weighted by atomic mass is 16.5. The van der Waals surface area contributed by atoms with Crippen LogP contribution in [0.5, 0.6) is 0 Å². The van der Waals surface area contributed by atoms with Crippen molar-refractivity contribution in [2.24, 2.45) is 11.8 Å². The number of esters is 1. The Kier molecular flexibility index (Phi) is 4.69. The number of hydrogen-bond donors (Lipinski definition) is 1. The van der Waals surface area contributed by atoms with Crippen LogP contribution in [0, 0.1) is 11.8 Å². The van der Waals surface area contributed by atoms with Crippen molar-refractivity contribution in [3.8, 4) is 0 Å². The van der Waals surface area contributed by atoms with Crippen LogP contribution in [0.25, 0.3) is 0 Å². The lowest BCUT2D eigenvalue weighted by Crippen LogP contribution is -2.44. The van der Waals surface area contributed by atoms with Crippen LogP contribution in [0.2, 0.25) is 0 Å². The van der Waals surface area contributed by atoms with Crippen molar-refractivity contribution < 1.29 is 24.2 Å². The number of amides is 2. The first kappa shape index (κ1) is 15.6. The van der Waals surface area contributed by atoms with E-state index in [2.05, 4.69) is 0 Å². The van der Waals surface area contributed by atoms with Gasteiger partial charge < -0.3 is 19.6 Å². The lowest BCUT2D eigenvalue weighted by molar-refractivity contribution is -0.146. The summed E-state index contributed by atoms with van der Waals surface area (Å²) in [6.45, 7) is 3.01. The molecule has 1 saturated carbocycles. The van der Waals surface area contributed by atoms with Crippen molar-refractivity contribution >= 4 is 18.0 Å². The maximum atomic E-state index is 12.5. The Hall–Kier alpha value is -1.79. The highest BCUT2D eigenvalue weighted by Crippen LogP contribution is 2.31. The molecule has 0 spiro atoms. The molecule has 0 radical (unpaired) electrons. The van der Waals surface area contributed by atoms with E-state index in [1.165, 1.54) is 7.11 Å². The number of ether oxygens (including phenoxy) is 1. The molecule has 0 aromatic rings. The predicted octanol–water partition coefficient (Wildman–Crippen LogP) is 0.786. The summed E-state index contributed by atoms with van der Waals surface area (Å²) < 4.78 is 4.76. The van der Waals surface area contributed by atoms with Crippen molar-refractivity contribution in [3.63, 3.8) is 0 Å². The second kappa shape index (κ2) is 6.32. The van der Waals surface area contributed by atoms with Gasteiger partial charge in [-0.3, -0.25) is 9.59 Å². The fourth-order valence-corrected chi connectivity index (χ4v) is 2.80. The summed E-state index contributed by atoms with van der Waals surface area (Å²) in [7, 11) is 1.35. The van der Waals surface area contributed by atoms with E-state index in [9.17, 15) is 14.4 Å². The minimum atomic E-state index is -0.907. The molecule has 2 aliphatic rings. The molecule has 0 aromatic heterocycles. The van der Waals surface area contributed by atoms with Crippen LogP contribution in [0.1, 0.15) is 26.2 Å². The summed E-state index contributed by atoms with van der Waals surface area (Å²) in [5, 5.41) is 8.79. The molecular formula is C14H22N2O5. The van der Waals surface area contributed by atoms with Gasteiger partial charge in [0.25, 0.3) is 0 Å². The van der Waals surface area contributed by atoms with Gasteiger partial charge in [0.1, 0.15) is 0 Å². The number of carbonyl (C=O) groups excluding carboxylic acids is 2. The molecule has 21 heavy (non-hydrogen) atoms. The summed E-state index contributed by atoms with van der Waals surface area (Å²) in [6, 6.07) is 0.00124. The van der Waals surface area contributed by atoms with E-state index in [0.717, 1.165) is 12.8 Å². The second-order valence-electron chi connectivity index (χ2n) is 5.86. The lowest BCUT2D eigenvalue weighted by atomic mass is 9.99. The molecule has 1 saturated heterocycles. The van der Waals surface area contributed by atoms with Gasteiger partial charge in [-0.05, 0) is 18.8 Å². The Morgan fingerprint density at radius 2 is 1.95 bits per heavy atom. The maximum absolute atomic E-state index is 12.5. The van der Waals surface area contributed by atoms with Crippen LogP contribution >= 0.6 is 0 Å². The van der Waals surface area contributed by atoms with Crippen molar-refractivity contribution in [1.29, 1.82) is 0 Å². The third-order valence-corrected chi connectivity index (χ3v) is 4.19. The van der Waals surface area contributed by atoms with Crippen molar-refractivity contribution in [3.05, 3.63) is 0 Å². The monoisotopic (exact) mass is 298 g/mol. The van der Waals surface area contributed by atoms with Gasteiger partial charge in [0.2, 0.25) is 0 Å². The first-order chi connectivity index (χ1) is 9.93. The molecule has 7 nitrogen and oxygen atoms in total. The molecule has 1 aliphatic carbocycles. The zero-order valence-corrected chi connectivity index (χ0v) is 12.4. The van der Waals surface area contributed by atoms with Crippen LogP contribution in [0.15, 0.2) is 0 Å². The Labute approximate surface area is 123 Å². The van der Waals surface area contributed by atoms with E-state index in [0.29, 0.717) is 13.1 Å². The number of carboxylic acids is 1. The topological polar surface area (TPSA) is 87.2 Å². The van der Waals surface area contributed by atoms with Crippen LogP contribution in [0.4, 0.5) is 4.79 Å². The number of likely N-dealkylation sites (tertiary alicyclic amines) is 1. The van der Waals surface area contributed by atoms with Gasteiger partial charge >= 0.3 is 18.0 Å². The normalized spacial score (nSPS) is 24.8. The summed E-state index contributed by atoms with van der Waals surface area (Å²) in [6.07, 6.45) is 1.80. The minimum Gasteiger partial charge on any atom is -0.481 e. The third kappa shape index (κ3) is 3.65. The van der Waals surface area contributed by atoms with Crippen LogP contribution < -0.4 is 0 Å². The molecule has 2 amide bonds. The number of methoxy groups -OCH3 is 1. The summed E-state index contributed by atoms with van der Waals surface area (Å²) in [4.78, 5) is 38.2. The molecule has 118 valence electrons. The number of carbonyl (C=O) groups is 3. The van der Waals surface area contributed by atoms with E-state index in [1.54, 1.807) is 9.80 Å². The maximum Gasteiger partial charge on any atom is 0.320 e. The van der Waals surface area contributed by atoms with Gasteiger partial charge in [0.05, 0.1) is 19.4 Å². The van der Waals surface area contributed by atoms with Crippen LogP contribution in [0.3, 0.4) is 0 Å². The van der Waals surface area contributed by atoms with Gasteiger partial charge in [-0.25, -0.2) is 4.79 Å². The number of aliphatic carboxylic acids is 1. The molecule has 1 heterocycles. The SMILES string of the molecule is COC(=O)C1CN(C(=O)N(CCC(=O)O)C2CC2)CC1C. The van der Waals surface area contributed by atoms with E-state index in [-0.39, 0.29) is 42.8 Å². The molecule has 2 rings (SSSR count). The average molecular weight is 298 g/mol. The Balaban J connectivity index is 1.97. The summed E-state index contributed by atoms with van der Waals surface area (Å²) >= 11 is 0. The number of urea groups is 1. The Morgan fingerprint density at radius 1 is 1.29 bits per heavy atom. The van der Waals surface area contributed by atoms with E-state index >= 15 is 0 Å². The summed E-state index contributed by atoms with van der Waals surface area (Å²) in [5.74, 6) is -1.43. The van der Waals surface area contributed by atoms with E-state index in [1.807, 2.05) is 6.92 Å². The standard InChI is InChI=1S/C14H22N2O5/c1-9-7-15(8-11(9)13(19)21-2)14(20)16(10-3-4-10)6-5-12(17)18/h9-11H,3-8H2,1-2H3,(H,17,18). The Morgan fingerprint density at radius 3 is 2.48 bits per heavy atom. The van der Waals surface area contributed by atoms with Crippen LogP contribution in [-0.2, 0) is 14.3 Å². The van der Waals surface area contributed by atoms with Crippen LogP contribution in [-0.4, -0.2) is 65.7 Å². The van der Waals surface area contributed by atoms with Crippen molar-refractivity contribution in [2.75, 3.05) is 26.7 Å². The van der Waals surface area contributed by atoms with Gasteiger partial charge in [0.15, 0.2) is 0 Å². The molecule has 0 bridgehead atoms. The van der Waals surface area contributed by atoms with Gasteiger partial charge in [-0.15, -0.1) is 0 Å². The fourth-order valence-electron chi connectivity index (χ4n) is 2.80. The molecule has 0 aromatic carbocycles. The number of hydrogen-bond acceptors (Lipinski definition) is 4. The van der Waals surface area contributed by atoms with E-state index < -0.39 is 5.97 Å². The van der Waals surface area contributed by atoms with E-state index in [4.69, 9.17) is 9.84 Å². The first-order valence-corrected chi connectivity index (χ1v) is 7.29. The molecule has 1 aliphatic heterocycles. The summed E-state index contributed by atoms with van der Waals surface area (Å²) in [5.41, 5.74) is 0. The number of rotatable bonds is 5. The molecule has 7 heteroatoms. The van der Waals surface area contributed by atoms with Gasteiger partial charge in [0, 0.05) is 25.7 Å². The average Bonchev–Trinajstić information content (AvgIpc) is 3.19. The zero-order chi connectivity index (χ0) is 15.6. The fraction of sp³-hybridized carbons (Fsp3) is 0.786. The van der Waals surface area contributed by atoms with Crippen molar-refractivity contribution in [1.82, 2.24) is 9.80 Å². The van der Waals surface area contributed by atoms with Gasteiger partial charge in [-0.2, -0.15) is 0 Å². The highest BCUT2D eigenvalue weighted by Gasteiger charge is 2.41. The first-order valence-electron chi connectivity index (χ1n) is 7.29. The second-order valence-corrected chi connectivity index (χ2v) is 5.86. The van der Waals surface area contributed by atoms with Gasteiger partial charge in [-0.1, -0.05) is 6.92 Å². The lowest BCUT2D eigenvalue weighted by Gasteiger charge is -2.27. The highest BCUT2D eigenvalue weighted by molar-refractivity contribution is 5.79.